The quantitative estimate of drug-likeness (QED) is 0.703. The maximum absolute atomic E-state index is 12.5. The number of rotatable bonds is 5. The van der Waals surface area contributed by atoms with Gasteiger partial charge < -0.3 is 0 Å². The summed E-state index contributed by atoms with van der Waals surface area (Å²) in [5.74, 6) is 0.210. The number of carbonyl (C=O) groups excluding carboxylic acids is 1. The third-order valence-corrected chi connectivity index (χ3v) is 3.15. The number of benzene rings is 2. The van der Waals surface area contributed by atoms with E-state index in [9.17, 15) is 4.79 Å². The van der Waals surface area contributed by atoms with Gasteiger partial charge in [-0.05, 0) is 12.0 Å². The highest BCUT2D eigenvalue weighted by molar-refractivity contribution is 6.00. The van der Waals surface area contributed by atoms with Crippen molar-refractivity contribution in [2.24, 2.45) is 0 Å². The molecule has 1 nitrogen and oxygen atoms in total. The summed E-state index contributed by atoms with van der Waals surface area (Å²) in [4.78, 5) is 12.5. The van der Waals surface area contributed by atoms with Gasteiger partial charge in [-0.2, -0.15) is 0 Å². The summed E-state index contributed by atoms with van der Waals surface area (Å²) in [6.07, 6.45) is 1.91. The molecule has 0 radical (unpaired) electrons. The van der Waals surface area contributed by atoms with Crippen LogP contribution in [0.3, 0.4) is 0 Å². The number of ketones is 1. The predicted molar refractivity (Wildman–Crippen MR) is 74.9 cm³/mol. The van der Waals surface area contributed by atoms with Gasteiger partial charge in [-0.3, -0.25) is 4.79 Å². The van der Waals surface area contributed by atoms with Crippen LogP contribution in [0.5, 0.6) is 0 Å². The van der Waals surface area contributed by atoms with E-state index in [1.807, 2.05) is 60.7 Å². The summed E-state index contributed by atoms with van der Waals surface area (Å²) >= 11 is 0. The monoisotopic (exact) mass is 238 g/mol. The largest absolute Gasteiger partial charge is 0.293 e. The van der Waals surface area contributed by atoms with Crippen molar-refractivity contribution in [1.29, 1.82) is 0 Å². The SMILES string of the molecule is CCC[C@@H](C(=O)c1ccccc1)c1ccccc1. The average Bonchev–Trinajstić information content (AvgIpc) is 2.46. The van der Waals surface area contributed by atoms with Gasteiger partial charge in [-0.1, -0.05) is 74.0 Å². The minimum absolute atomic E-state index is 0.0152. The highest BCUT2D eigenvalue weighted by Crippen LogP contribution is 2.25. The van der Waals surface area contributed by atoms with Crippen LogP contribution in [0.25, 0.3) is 0 Å². The van der Waals surface area contributed by atoms with Gasteiger partial charge in [0.05, 0.1) is 0 Å². The van der Waals surface area contributed by atoms with Crippen molar-refractivity contribution in [1.82, 2.24) is 0 Å². The molecule has 92 valence electrons. The topological polar surface area (TPSA) is 17.1 Å². The van der Waals surface area contributed by atoms with Crippen LogP contribution in [0, 0.1) is 0 Å². The van der Waals surface area contributed by atoms with Gasteiger partial charge in [0.1, 0.15) is 0 Å². The lowest BCUT2D eigenvalue weighted by Crippen LogP contribution is -2.12. The lowest BCUT2D eigenvalue weighted by molar-refractivity contribution is 0.0954. The van der Waals surface area contributed by atoms with E-state index in [1.54, 1.807) is 0 Å². The molecule has 2 aromatic carbocycles. The van der Waals surface area contributed by atoms with Crippen LogP contribution in [0.1, 0.15) is 41.6 Å². The van der Waals surface area contributed by atoms with E-state index in [4.69, 9.17) is 0 Å². The summed E-state index contributed by atoms with van der Waals surface area (Å²) in [6, 6.07) is 19.6. The van der Waals surface area contributed by atoms with Gasteiger partial charge in [-0.15, -0.1) is 0 Å². The molecule has 0 amide bonds. The van der Waals surface area contributed by atoms with Crippen LogP contribution < -0.4 is 0 Å². The Hall–Kier alpha value is -1.89. The molecule has 0 bridgehead atoms. The fourth-order valence-electron chi connectivity index (χ4n) is 2.23. The van der Waals surface area contributed by atoms with Crippen LogP contribution in [-0.4, -0.2) is 5.78 Å². The van der Waals surface area contributed by atoms with Gasteiger partial charge in [-0.25, -0.2) is 0 Å². The van der Waals surface area contributed by atoms with E-state index >= 15 is 0 Å². The number of hydrogen-bond acceptors (Lipinski definition) is 1. The second kappa shape index (κ2) is 6.15. The first kappa shape index (κ1) is 12.6. The van der Waals surface area contributed by atoms with Crippen LogP contribution in [0.15, 0.2) is 60.7 Å². The Labute approximate surface area is 108 Å². The van der Waals surface area contributed by atoms with Gasteiger partial charge in [0.25, 0.3) is 0 Å². The molecule has 0 N–H and O–H groups in total. The Morgan fingerprint density at radius 2 is 1.50 bits per heavy atom. The van der Waals surface area contributed by atoms with E-state index in [1.165, 1.54) is 0 Å². The van der Waals surface area contributed by atoms with Crippen LogP contribution >= 0.6 is 0 Å². The molecule has 2 aromatic rings. The molecule has 0 spiro atoms. The zero-order chi connectivity index (χ0) is 12.8. The lowest BCUT2D eigenvalue weighted by Gasteiger charge is -2.15. The van der Waals surface area contributed by atoms with E-state index in [0.29, 0.717) is 0 Å². The summed E-state index contributed by atoms with van der Waals surface area (Å²) < 4.78 is 0. The Kier molecular flexibility index (Phi) is 4.30. The maximum atomic E-state index is 12.5. The summed E-state index contributed by atoms with van der Waals surface area (Å²) in [6.45, 7) is 2.12. The summed E-state index contributed by atoms with van der Waals surface area (Å²) in [5.41, 5.74) is 1.92. The normalized spacial score (nSPS) is 12.1. The molecular weight excluding hydrogens is 220 g/mol. The molecule has 0 aliphatic heterocycles. The fraction of sp³-hybridized carbons (Fsp3) is 0.235. The van der Waals surface area contributed by atoms with E-state index in [2.05, 4.69) is 6.92 Å². The third kappa shape index (κ3) is 2.86. The Morgan fingerprint density at radius 1 is 0.944 bits per heavy atom. The minimum Gasteiger partial charge on any atom is -0.293 e. The molecule has 0 saturated carbocycles. The molecule has 0 aromatic heterocycles. The Morgan fingerprint density at radius 3 is 2.06 bits per heavy atom. The summed E-state index contributed by atoms with van der Waals surface area (Å²) in [5, 5.41) is 0. The molecule has 1 atom stereocenters. The van der Waals surface area contributed by atoms with E-state index in [0.717, 1.165) is 24.0 Å². The van der Waals surface area contributed by atoms with Crippen LogP contribution in [-0.2, 0) is 0 Å². The molecule has 0 heterocycles. The van der Waals surface area contributed by atoms with E-state index in [-0.39, 0.29) is 11.7 Å². The Balaban J connectivity index is 2.29. The highest BCUT2D eigenvalue weighted by atomic mass is 16.1. The van der Waals surface area contributed by atoms with Crippen molar-refractivity contribution in [2.45, 2.75) is 25.7 Å². The fourth-order valence-corrected chi connectivity index (χ4v) is 2.23. The van der Waals surface area contributed by atoms with E-state index < -0.39 is 0 Å². The van der Waals surface area contributed by atoms with Crippen molar-refractivity contribution >= 4 is 5.78 Å². The van der Waals surface area contributed by atoms with Gasteiger partial charge in [0, 0.05) is 11.5 Å². The molecule has 0 saturated heterocycles. The minimum atomic E-state index is -0.0152. The van der Waals surface area contributed by atoms with Crippen molar-refractivity contribution in [3.63, 3.8) is 0 Å². The third-order valence-electron chi connectivity index (χ3n) is 3.15. The molecule has 0 fully saturated rings. The number of hydrogen-bond donors (Lipinski definition) is 0. The predicted octanol–water partition coefficient (Wildman–Crippen LogP) is 4.45. The smallest absolute Gasteiger partial charge is 0.170 e. The first-order chi connectivity index (χ1) is 8.83. The van der Waals surface area contributed by atoms with Crippen LogP contribution in [0.4, 0.5) is 0 Å². The second-order valence-electron chi connectivity index (χ2n) is 4.48. The van der Waals surface area contributed by atoms with Gasteiger partial charge in [0.2, 0.25) is 0 Å². The van der Waals surface area contributed by atoms with Crippen molar-refractivity contribution in [3.05, 3.63) is 71.8 Å². The van der Waals surface area contributed by atoms with Crippen molar-refractivity contribution < 1.29 is 4.79 Å². The standard InChI is InChI=1S/C17H18O/c1-2-9-16(14-10-5-3-6-11-14)17(18)15-12-7-4-8-13-15/h3-8,10-13,16H,2,9H2,1H3/t16-/m1/s1. The molecule has 0 aliphatic carbocycles. The molecule has 1 heteroatoms. The zero-order valence-corrected chi connectivity index (χ0v) is 10.7. The van der Waals surface area contributed by atoms with Crippen molar-refractivity contribution in [2.75, 3.05) is 0 Å². The van der Waals surface area contributed by atoms with Crippen molar-refractivity contribution in [3.8, 4) is 0 Å². The molecular formula is C17H18O. The number of carbonyl (C=O) groups is 1. The number of Topliss-reactive ketones (excluding diaryl/α,β-unsaturated/α-hetero) is 1. The molecule has 0 unspecified atom stereocenters. The van der Waals surface area contributed by atoms with Gasteiger partial charge in [0.15, 0.2) is 5.78 Å². The second-order valence-corrected chi connectivity index (χ2v) is 4.48. The zero-order valence-electron chi connectivity index (χ0n) is 10.7. The molecule has 18 heavy (non-hydrogen) atoms. The van der Waals surface area contributed by atoms with Gasteiger partial charge >= 0.3 is 0 Å². The van der Waals surface area contributed by atoms with Crippen LogP contribution in [0.2, 0.25) is 0 Å². The first-order valence-electron chi connectivity index (χ1n) is 6.47. The summed E-state index contributed by atoms with van der Waals surface area (Å²) in [7, 11) is 0. The molecule has 2 rings (SSSR count). The average molecular weight is 238 g/mol. The lowest BCUT2D eigenvalue weighted by atomic mass is 9.87. The Bertz CT molecular complexity index is 488. The maximum Gasteiger partial charge on any atom is 0.170 e. The highest BCUT2D eigenvalue weighted by Gasteiger charge is 2.20. The first-order valence-corrected chi connectivity index (χ1v) is 6.47. The molecule has 0 aliphatic rings.